The predicted octanol–water partition coefficient (Wildman–Crippen LogP) is 2.11. The Morgan fingerprint density at radius 3 is 2.61 bits per heavy atom. The quantitative estimate of drug-likeness (QED) is 0.762. The van der Waals surface area contributed by atoms with Crippen molar-refractivity contribution in [2.45, 2.75) is 19.9 Å². The molecule has 1 aromatic carbocycles. The van der Waals surface area contributed by atoms with Crippen LogP contribution in [0.25, 0.3) is 11.3 Å². The number of hydrogen-bond donors (Lipinski definition) is 2. The lowest BCUT2D eigenvalue weighted by Crippen LogP contribution is -2.56. The van der Waals surface area contributed by atoms with Gasteiger partial charge < -0.3 is 14.6 Å². The van der Waals surface area contributed by atoms with Gasteiger partial charge in [0.1, 0.15) is 6.04 Å². The van der Waals surface area contributed by atoms with Crippen molar-refractivity contribution < 1.29 is 18.8 Å². The van der Waals surface area contributed by atoms with Gasteiger partial charge in [0.15, 0.2) is 11.5 Å². The second kappa shape index (κ2) is 9.18. The summed E-state index contributed by atoms with van der Waals surface area (Å²) in [6.07, 6.45) is 0. The van der Waals surface area contributed by atoms with Crippen molar-refractivity contribution in [3.8, 4) is 11.3 Å². The number of carbonyl (C=O) groups excluding carboxylic acids is 2. The average Bonchev–Trinajstić information content (AvgIpc) is 3.17. The molecule has 2 N–H and O–H groups in total. The van der Waals surface area contributed by atoms with Crippen LogP contribution in [0, 0.1) is 5.92 Å². The third kappa shape index (κ3) is 4.89. The van der Waals surface area contributed by atoms with Gasteiger partial charge in [-0.05, 0) is 18.1 Å². The number of hydrazine groups is 1. The number of nitrogens with one attached hydrogen (secondary N) is 2. The minimum Gasteiger partial charge on any atom is -0.379 e. The van der Waals surface area contributed by atoms with Gasteiger partial charge in [0, 0.05) is 24.7 Å². The van der Waals surface area contributed by atoms with E-state index in [9.17, 15) is 9.59 Å². The molecule has 9 heteroatoms. The average molecular weight is 407 g/mol. The first-order chi connectivity index (χ1) is 13.5. The fraction of sp³-hybridized carbons (Fsp3) is 0.421. The summed E-state index contributed by atoms with van der Waals surface area (Å²) in [6.45, 7) is 6.05. The van der Waals surface area contributed by atoms with E-state index in [1.54, 1.807) is 23.2 Å². The second-order valence-corrected chi connectivity index (χ2v) is 7.23. The molecular formula is C19H23ClN4O4. The fourth-order valence-corrected chi connectivity index (χ4v) is 3.05. The Balaban J connectivity index is 1.67. The van der Waals surface area contributed by atoms with Crippen LogP contribution < -0.4 is 10.7 Å². The van der Waals surface area contributed by atoms with Crippen LogP contribution >= 0.6 is 11.6 Å². The lowest BCUT2D eigenvalue weighted by Gasteiger charge is -2.30. The van der Waals surface area contributed by atoms with Gasteiger partial charge in [-0.2, -0.15) is 0 Å². The molecule has 0 saturated carbocycles. The van der Waals surface area contributed by atoms with Crippen LogP contribution in [0.3, 0.4) is 0 Å². The predicted molar refractivity (Wildman–Crippen MR) is 104 cm³/mol. The van der Waals surface area contributed by atoms with E-state index in [0.29, 0.717) is 42.6 Å². The molecule has 0 aliphatic carbocycles. The number of carbonyl (C=O) groups is 2. The monoisotopic (exact) mass is 406 g/mol. The first-order valence-corrected chi connectivity index (χ1v) is 9.49. The molecule has 1 atom stereocenters. The summed E-state index contributed by atoms with van der Waals surface area (Å²) in [5.41, 5.74) is 3.56. The van der Waals surface area contributed by atoms with Crippen molar-refractivity contribution in [2.24, 2.45) is 5.92 Å². The van der Waals surface area contributed by atoms with Gasteiger partial charge in [0.2, 0.25) is 0 Å². The summed E-state index contributed by atoms with van der Waals surface area (Å²) in [5.74, 6) is -0.493. The standard InChI is InChI=1S/C19H23ClN4O4/c1-12(2)17(19(26)22-24-7-9-27-10-8-24)21-18(25)15-11-16(28-23-15)13-5-3-4-6-14(13)20/h3-6,11-12,17H,7-10H2,1-2H3,(H,21,25)(H,22,26)/t17-/m1/s1. The zero-order valence-corrected chi connectivity index (χ0v) is 16.5. The maximum absolute atomic E-state index is 12.6. The molecule has 1 aromatic heterocycles. The normalized spacial score (nSPS) is 16.0. The molecule has 3 rings (SSSR count). The van der Waals surface area contributed by atoms with Gasteiger partial charge in [-0.3, -0.25) is 15.0 Å². The Kier molecular flexibility index (Phi) is 6.66. The molecule has 1 saturated heterocycles. The van der Waals surface area contributed by atoms with Crippen molar-refractivity contribution in [1.82, 2.24) is 20.9 Å². The summed E-state index contributed by atoms with van der Waals surface area (Å²) in [5, 5.41) is 8.84. The summed E-state index contributed by atoms with van der Waals surface area (Å²) in [6, 6.07) is 7.91. The minimum atomic E-state index is -0.712. The summed E-state index contributed by atoms with van der Waals surface area (Å²) in [4.78, 5) is 25.2. The van der Waals surface area contributed by atoms with Crippen LogP contribution in [-0.2, 0) is 9.53 Å². The molecule has 2 amide bonds. The van der Waals surface area contributed by atoms with Crippen LogP contribution in [0.2, 0.25) is 5.02 Å². The topological polar surface area (TPSA) is 96.7 Å². The van der Waals surface area contributed by atoms with Crippen molar-refractivity contribution >= 4 is 23.4 Å². The molecule has 0 radical (unpaired) electrons. The van der Waals surface area contributed by atoms with E-state index in [4.69, 9.17) is 20.9 Å². The zero-order valence-electron chi connectivity index (χ0n) is 15.8. The molecule has 2 heterocycles. The van der Waals surface area contributed by atoms with Gasteiger partial charge in [-0.1, -0.05) is 42.7 Å². The smallest absolute Gasteiger partial charge is 0.274 e. The van der Waals surface area contributed by atoms with E-state index in [2.05, 4.69) is 15.9 Å². The Morgan fingerprint density at radius 2 is 1.93 bits per heavy atom. The van der Waals surface area contributed by atoms with Crippen LogP contribution in [-0.4, -0.2) is 54.3 Å². The Hall–Kier alpha value is -2.42. The van der Waals surface area contributed by atoms with E-state index in [1.165, 1.54) is 6.07 Å². The number of nitrogens with zero attached hydrogens (tertiary/aromatic N) is 2. The maximum atomic E-state index is 12.6. The number of rotatable bonds is 6. The van der Waals surface area contributed by atoms with Crippen molar-refractivity contribution in [2.75, 3.05) is 26.3 Å². The minimum absolute atomic E-state index is 0.0831. The molecular weight excluding hydrogens is 384 g/mol. The summed E-state index contributed by atoms with van der Waals surface area (Å²) in [7, 11) is 0. The van der Waals surface area contributed by atoms with E-state index >= 15 is 0 Å². The van der Waals surface area contributed by atoms with E-state index < -0.39 is 11.9 Å². The Bertz CT molecular complexity index is 833. The molecule has 28 heavy (non-hydrogen) atoms. The molecule has 2 aromatic rings. The Labute approximate surface area is 168 Å². The van der Waals surface area contributed by atoms with Gasteiger partial charge >= 0.3 is 0 Å². The third-order valence-electron chi connectivity index (χ3n) is 4.40. The Morgan fingerprint density at radius 1 is 1.21 bits per heavy atom. The molecule has 1 aliphatic heterocycles. The highest BCUT2D eigenvalue weighted by Gasteiger charge is 2.28. The van der Waals surface area contributed by atoms with E-state index in [0.717, 1.165) is 0 Å². The summed E-state index contributed by atoms with van der Waals surface area (Å²) < 4.78 is 10.5. The molecule has 8 nitrogen and oxygen atoms in total. The largest absolute Gasteiger partial charge is 0.379 e. The highest BCUT2D eigenvalue weighted by atomic mass is 35.5. The number of hydrogen-bond acceptors (Lipinski definition) is 6. The van der Waals surface area contributed by atoms with Crippen molar-refractivity contribution in [1.29, 1.82) is 0 Å². The van der Waals surface area contributed by atoms with E-state index in [1.807, 2.05) is 19.9 Å². The number of benzene rings is 1. The van der Waals surface area contributed by atoms with Gasteiger partial charge in [-0.25, -0.2) is 5.01 Å². The number of ether oxygens (including phenoxy) is 1. The SMILES string of the molecule is CC(C)[C@@H](NC(=O)c1cc(-c2ccccc2Cl)on1)C(=O)NN1CCOCC1. The molecule has 1 fully saturated rings. The van der Waals surface area contributed by atoms with Crippen LogP contribution in [0.15, 0.2) is 34.9 Å². The number of amides is 2. The molecule has 1 aliphatic rings. The van der Waals surface area contributed by atoms with Gasteiger partial charge in [0.25, 0.3) is 11.8 Å². The number of morpholine rings is 1. The number of halogens is 1. The van der Waals surface area contributed by atoms with Crippen LogP contribution in [0.5, 0.6) is 0 Å². The lowest BCUT2D eigenvalue weighted by atomic mass is 10.0. The van der Waals surface area contributed by atoms with Crippen molar-refractivity contribution in [3.05, 3.63) is 41.0 Å². The second-order valence-electron chi connectivity index (χ2n) is 6.83. The summed E-state index contributed by atoms with van der Waals surface area (Å²) >= 11 is 6.15. The van der Waals surface area contributed by atoms with E-state index in [-0.39, 0.29) is 17.5 Å². The first kappa shape index (κ1) is 20.3. The van der Waals surface area contributed by atoms with Gasteiger partial charge in [0.05, 0.1) is 18.2 Å². The molecule has 150 valence electrons. The highest BCUT2D eigenvalue weighted by molar-refractivity contribution is 6.33. The number of aromatic nitrogens is 1. The highest BCUT2D eigenvalue weighted by Crippen LogP contribution is 2.27. The molecule has 0 spiro atoms. The fourth-order valence-electron chi connectivity index (χ4n) is 2.82. The lowest BCUT2D eigenvalue weighted by molar-refractivity contribution is -0.130. The third-order valence-corrected chi connectivity index (χ3v) is 4.73. The molecule has 0 unspecified atom stereocenters. The van der Waals surface area contributed by atoms with Crippen molar-refractivity contribution in [3.63, 3.8) is 0 Å². The molecule has 0 bridgehead atoms. The first-order valence-electron chi connectivity index (χ1n) is 9.11. The maximum Gasteiger partial charge on any atom is 0.274 e. The van der Waals surface area contributed by atoms with Crippen LogP contribution in [0.1, 0.15) is 24.3 Å². The van der Waals surface area contributed by atoms with Gasteiger partial charge in [-0.15, -0.1) is 0 Å². The zero-order chi connectivity index (χ0) is 20.1. The van der Waals surface area contributed by atoms with Crippen LogP contribution in [0.4, 0.5) is 0 Å².